The first-order valence-electron chi connectivity index (χ1n) is 7.04. The van der Waals surface area contributed by atoms with E-state index in [0.29, 0.717) is 20.8 Å². The van der Waals surface area contributed by atoms with Crippen LogP contribution < -0.4 is 10.6 Å². The Bertz CT molecular complexity index is 737. The van der Waals surface area contributed by atoms with Crippen LogP contribution >= 0.6 is 34.8 Å². The third-order valence-electron chi connectivity index (χ3n) is 3.39. The number of aryl methyl sites for hydroxylation is 3. The maximum absolute atomic E-state index is 12.1. The number of benzene rings is 2. The minimum absolute atomic E-state index is 0.126. The molecule has 0 heterocycles. The van der Waals surface area contributed by atoms with Gasteiger partial charge in [0.1, 0.15) is 0 Å². The first-order chi connectivity index (χ1) is 10.8. The normalized spacial score (nSPS) is 10.5. The summed E-state index contributed by atoms with van der Waals surface area (Å²) in [5, 5.41) is 6.91. The zero-order valence-corrected chi connectivity index (χ0v) is 15.3. The Kier molecular flexibility index (Phi) is 5.79. The smallest absolute Gasteiger partial charge is 0.243 e. The van der Waals surface area contributed by atoms with Crippen molar-refractivity contribution < 1.29 is 4.79 Å². The molecule has 6 heteroatoms. The summed E-state index contributed by atoms with van der Waals surface area (Å²) in [5.74, 6) is -0.218. The van der Waals surface area contributed by atoms with Gasteiger partial charge in [-0.3, -0.25) is 4.79 Å². The van der Waals surface area contributed by atoms with Crippen LogP contribution in [0.5, 0.6) is 0 Å². The quantitative estimate of drug-likeness (QED) is 0.685. The Labute approximate surface area is 150 Å². The summed E-state index contributed by atoms with van der Waals surface area (Å²) in [6.07, 6.45) is 0. The van der Waals surface area contributed by atoms with Crippen molar-refractivity contribution in [1.82, 2.24) is 0 Å². The summed E-state index contributed by atoms with van der Waals surface area (Å²) in [7, 11) is 0. The van der Waals surface area contributed by atoms with Crippen molar-refractivity contribution in [3.8, 4) is 0 Å². The lowest BCUT2D eigenvalue weighted by molar-refractivity contribution is -0.114. The summed E-state index contributed by atoms with van der Waals surface area (Å²) in [4.78, 5) is 12.1. The maximum atomic E-state index is 12.1. The van der Waals surface area contributed by atoms with Crippen LogP contribution in [-0.2, 0) is 4.79 Å². The Morgan fingerprint density at radius 2 is 1.48 bits per heavy atom. The van der Waals surface area contributed by atoms with Crippen LogP contribution in [0, 0.1) is 20.8 Å². The number of rotatable bonds is 4. The Balaban J connectivity index is 2.05. The van der Waals surface area contributed by atoms with E-state index in [1.807, 2.05) is 20.8 Å². The van der Waals surface area contributed by atoms with Crippen molar-refractivity contribution in [2.75, 3.05) is 17.2 Å². The van der Waals surface area contributed by atoms with Crippen LogP contribution in [0.25, 0.3) is 0 Å². The first-order valence-corrected chi connectivity index (χ1v) is 8.17. The van der Waals surface area contributed by atoms with Crippen molar-refractivity contribution in [3.63, 3.8) is 0 Å². The fourth-order valence-electron chi connectivity index (χ4n) is 2.44. The van der Waals surface area contributed by atoms with Crippen molar-refractivity contribution >= 4 is 52.1 Å². The predicted octanol–water partition coefficient (Wildman–Crippen LogP) is 5.62. The van der Waals surface area contributed by atoms with Gasteiger partial charge < -0.3 is 10.6 Å². The van der Waals surface area contributed by atoms with Crippen molar-refractivity contribution in [2.24, 2.45) is 0 Å². The van der Waals surface area contributed by atoms with Gasteiger partial charge in [0.05, 0.1) is 27.3 Å². The number of carbonyl (C=O) groups is 1. The van der Waals surface area contributed by atoms with E-state index in [-0.39, 0.29) is 12.5 Å². The van der Waals surface area contributed by atoms with Gasteiger partial charge >= 0.3 is 0 Å². The molecule has 0 saturated carbocycles. The average molecular weight is 372 g/mol. The van der Waals surface area contributed by atoms with Gasteiger partial charge in [-0.2, -0.15) is 0 Å². The molecule has 2 N–H and O–H groups in total. The van der Waals surface area contributed by atoms with Crippen LogP contribution in [0.15, 0.2) is 24.3 Å². The summed E-state index contributed by atoms with van der Waals surface area (Å²) in [6, 6.07) is 7.18. The highest BCUT2D eigenvalue weighted by Gasteiger charge is 2.10. The van der Waals surface area contributed by atoms with E-state index in [4.69, 9.17) is 34.8 Å². The molecule has 0 aliphatic rings. The molecule has 2 aromatic rings. The van der Waals surface area contributed by atoms with Crippen molar-refractivity contribution in [2.45, 2.75) is 20.8 Å². The monoisotopic (exact) mass is 370 g/mol. The molecule has 0 atom stereocenters. The Hall–Kier alpha value is -1.42. The maximum Gasteiger partial charge on any atom is 0.243 e. The molecule has 0 bridgehead atoms. The van der Waals surface area contributed by atoms with Gasteiger partial charge in [0.25, 0.3) is 0 Å². The van der Waals surface area contributed by atoms with E-state index in [0.717, 1.165) is 16.8 Å². The number of hydrogen-bond acceptors (Lipinski definition) is 2. The first kappa shape index (κ1) is 17.9. The van der Waals surface area contributed by atoms with Crippen LogP contribution in [0.3, 0.4) is 0 Å². The van der Waals surface area contributed by atoms with Crippen LogP contribution in [0.2, 0.25) is 15.1 Å². The number of nitrogens with one attached hydrogen (secondary N) is 2. The molecule has 0 saturated heterocycles. The molecule has 0 fully saturated rings. The molecule has 0 aliphatic carbocycles. The van der Waals surface area contributed by atoms with Crippen LogP contribution in [0.4, 0.5) is 11.4 Å². The fourth-order valence-corrected chi connectivity index (χ4v) is 3.03. The lowest BCUT2D eigenvalue weighted by Gasteiger charge is -2.14. The molecule has 3 nitrogen and oxygen atoms in total. The molecule has 122 valence electrons. The minimum Gasteiger partial charge on any atom is -0.376 e. The van der Waals surface area contributed by atoms with Gasteiger partial charge in [0.15, 0.2) is 0 Å². The molecule has 0 spiro atoms. The van der Waals surface area contributed by atoms with Crippen molar-refractivity contribution in [3.05, 3.63) is 56.0 Å². The second-order valence-corrected chi connectivity index (χ2v) is 6.64. The number of halogens is 3. The molecule has 0 unspecified atom stereocenters. The number of anilines is 2. The van der Waals surface area contributed by atoms with E-state index in [2.05, 4.69) is 22.8 Å². The molecule has 0 aliphatic heterocycles. The second-order valence-electron chi connectivity index (χ2n) is 5.42. The van der Waals surface area contributed by atoms with Crippen molar-refractivity contribution in [1.29, 1.82) is 0 Å². The van der Waals surface area contributed by atoms with Gasteiger partial charge in [-0.1, -0.05) is 52.5 Å². The Morgan fingerprint density at radius 1 is 0.913 bits per heavy atom. The van der Waals surface area contributed by atoms with Gasteiger partial charge in [-0.05, 0) is 44.0 Å². The number of amides is 1. The molecular weight excluding hydrogens is 355 g/mol. The molecule has 1 amide bonds. The summed E-state index contributed by atoms with van der Waals surface area (Å²) in [6.45, 7) is 6.19. The highest BCUT2D eigenvalue weighted by molar-refractivity contribution is 6.44. The second kappa shape index (κ2) is 7.43. The highest BCUT2D eigenvalue weighted by atomic mass is 35.5. The summed E-state index contributed by atoms with van der Waals surface area (Å²) in [5.41, 5.74) is 4.79. The summed E-state index contributed by atoms with van der Waals surface area (Å²) < 4.78 is 0. The lowest BCUT2D eigenvalue weighted by Crippen LogP contribution is -2.22. The lowest BCUT2D eigenvalue weighted by atomic mass is 10.1. The standard InChI is InChI=1S/C17H17Cl3N2O/c1-9-4-10(2)17(11(3)5-9)21-8-16(23)22-15-7-13(19)12(18)6-14(15)20/h4-7,21H,8H2,1-3H3,(H,22,23). The van der Waals surface area contributed by atoms with Crippen LogP contribution in [-0.4, -0.2) is 12.5 Å². The van der Waals surface area contributed by atoms with E-state index >= 15 is 0 Å². The largest absolute Gasteiger partial charge is 0.376 e. The average Bonchev–Trinajstić information content (AvgIpc) is 2.43. The topological polar surface area (TPSA) is 41.1 Å². The predicted molar refractivity (Wildman–Crippen MR) is 99.2 cm³/mol. The van der Waals surface area contributed by atoms with E-state index in [1.54, 1.807) is 0 Å². The molecule has 23 heavy (non-hydrogen) atoms. The third kappa shape index (κ3) is 4.54. The van der Waals surface area contributed by atoms with Gasteiger partial charge in [-0.15, -0.1) is 0 Å². The zero-order valence-electron chi connectivity index (χ0n) is 13.1. The molecule has 2 rings (SSSR count). The molecular formula is C17H17Cl3N2O. The molecule has 2 aromatic carbocycles. The SMILES string of the molecule is Cc1cc(C)c(NCC(=O)Nc2cc(Cl)c(Cl)cc2Cl)c(C)c1. The van der Waals surface area contributed by atoms with E-state index in [9.17, 15) is 4.79 Å². The number of carbonyl (C=O) groups excluding carboxylic acids is 1. The fraction of sp³-hybridized carbons (Fsp3) is 0.235. The minimum atomic E-state index is -0.218. The zero-order chi connectivity index (χ0) is 17.1. The van der Waals surface area contributed by atoms with E-state index < -0.39 is 0 Å². The van der Waals surface area contributed by atoms with E-state index in [1.165, 1.54) is 17.7 Å². The molecule has 0 radical (unpaired) electrons. The van der Waals surface area contributed by atoms with Gasteiger partial charge in [-0.25, -0.2) is 0 Å². The van der Waals surface area contributed by atoms with Crippen LogP contribution in [0.1, 0.15) is 16.7 Å². The summed E-state index contributed by atoms with van der Waals surface area (Å²) >= 11 is 17.9. The Morgan fingerprint density at radius 3 is 2.09 bits per heavy atom. The number of hydrogen-bond donors (Lipinski definition) is 2. The van der Waals surface area contributed by atoms with Gasteiger partial charge in [0, 0.05) is 5.69 Å². The third-order valence-corrected chi connectivity index (χ3v) is 4.42. The molecule has 0 aromatic heterocycles. The van der Waals surface area contributed by atoms with Gasteiger partial charge in [0.2, 0.25) is 5.91 Å². The highest BCUT2D eigenvalue weighted by Crippen LogP contribution is 2.32.